The molecule has 0 bridgehead atoms. The molecule has 48 heavy (non-hydrogen) atoms. The molecule has 5 rings (SSSR count). The summed E-state index contributed by atoms with van der Waals surface area (Å²) in [6, 6.07) is 13.1. The summed E-state index contributed by atoms with van der Waals surface area (Å²) in [4.78, 5) is 42.5. The van der Waals surface area contributed by atoms with Crippen LogP contribution >= 0.6 is 0 Å². The zero-order valence-corrected chi connectivity index (χ0v) is 29.5. The van der Waals surface area contributed by atoms with Crippen LogP contribution in [0, 0.1) is 46.8 Å². The number of hydrogen-bond donors (Lipinski definition) is 2. The number of carbonyl (C=O) groups is 3. The Morgan fingerprint density at radius 2 is 1.77 bits per heavy atom. The van der Waals surface area contributed by atoms with Gasteiger partial charge in [-0.15, -0.1) is 0 Å². The van der Waals surface area contributed by atoms with E-state index in [1.807, 2.05) is 37.3 Å². The van der Waals surface area contributed by atoms with Gasteiger partial charge in [0, 0.05) is 25.8 Å². The maximum Gasteiger partial charge on any atom is 0.407 e. The number of fused-ring (bicyclic) bond motifs is 3. The van der Waals surface area contributed by atoms with Crippen molar-refractivity contribution in [2.45, 2.75) is 85.8 Å². The summed E-state index contributed by atoms with van der Waals surface area (Å²) < 4.78 is 23.8. The number of allylic oxidation sites excluding steroid dienone is 3. The molecule has 1 saturated carbocycles. The van der Waals surface area contributed by atoms with Crippen LogP contribution in [0.5, 0.6) is 0 Å². The Bertz CT molecular complexity index is 1490. The highest BCUT2D eigenvalue weighted by Crippen LogP contribution is 2.60. The second kappa shape index (κ2) is 14.7. The lowest BCUT2D eigenvalue weighted by atomic mass is 9.46. The van der Waals surface area contributed by atoms with Crippen molar-refractivity contribution in [3.05, 3.63) is 83.7 Å². The van der Waals surface area contributed by atoms with E-state index in [9.17, 15) is 14.4 Å². The first-order chi connectivity index (χ1) is 22.9. The smallest absolute Gasteiger partial charge is 0.407 e. The van der Waals surface area contributed by atoms with Crippen LogP contribution in [0.1, 0.15) is 70.9 Å². The van der Waals surface area contributed by atoms with Crippen molar-refractivity contribution in [2.24, 2.45) is 46.8 Å². The number of amides is 1. The molecule has 1 aromatic carbocycles. The molecule has 2 aliphatic carbocycles. The number of rotatable bonds is 7. The van der Waals surface area contributed by atoms with Crippen LogP contribution in [0.15, 0.2) is 72.5 Å². The molecule has 3 aliphatic rings. The molecule has 9 nitrogen and oxygen atoms in total. The monoisotopic (exact) mass is 660 g/mol. The number of benzene rings is 1. The molecule has 0 unspecified atom stereocenters. The third-order valence-electron chi connectivity index (χ3n) is 11.7. The summed E-state index contributed by atoms with van der Waals surface area (Å²) >= 11 is 0. The molecule has 260 valence electrons. The summed E-state index contributed by atoms with van der Waals surface area (Å²) in [5, 5.41) is 2.80. The number of hydrogen-bond acceptors (Lipinski definition) is 7. The van der Waals surface area contributed by atoms with Crippen molar-refractivity contribution in [1.82, 2.24) is 10.3 Å². The Labute approximate surface area is 284 Å². The minimum atomic E-state index is -0.793. The van der Waals surface area contributed by atoms with Gasteiger partial charge in [0.1, 0.15) is 24.0 Å². The predicted molar refractivity (Wildman–Crippen MR) is 183 cm³/mol. The van der Waals surface area contributed by atoms with E-state index in [0.29, 0.717) is 18.7 Å². The van der Waals surface area contributed by atoms with Gasteiger partial charge < -0.3 is 29.2 Å². The van der Waals surface area contributed by atoms with Gasteiger partial charge in [-0.1, -0.05) is 88.8 Å². The number of H-pyrrole nitrogens is 1. The van der Waals surface area contributed by atoms with Crippen molar-refractivity contribution in [2.75, 3.05) is 7.11 Å². The molecule has 0 spiro atoms. The van der Waals surface area contributed by atoms with Crippen LogP contribution in [-0.4, -0.2) is 54.5 Å². The first-order valence-corrected chi connectivity index (χ1v) is 17.3. The molecule has 2 aromatic rings. The van der Waals surface area contributed by atoms with Crippen molar-refractivity contribution in [3.63, 3.8) is 0 Å². The van der Waals surface area contributed by atoms with Gasteiger partial charge in [0.2, 0.25) is 0 Å². The summed E-state index contributed by atoms with van der Waals surface area (Å²) in [7, 11) is 1.54. The molecule has 1 amide bonds. The van der Waals surface area contributed by atoms with Gasteiger partial charge in [-0.05, 0) is 78.9 Å². The minimum Gasteiger partial charge on any atom is -0.457 e. The average Bonchev–Trinajstić information content (AvgIpc) is 3.62. The van der Waals surface area contributed by atoms with E-state index in [1.165, 1.54) is 5.57 Å². The Hall–Kier alpha value is -3.85. The van der Waals surface area contributed by atoms with Crippen molar-refractivity contribution in [1.29, 1.82) is 0 Å². The second-order valence-corrected chi connectivity index (χ2v) is 14.4. The van der Waals surface area contributed by atoms with E-state index in [4.69, 9.17) is 18.9 Å². The maximum absolute atomic E-state index is 13.7. The predicted octanol–water partition coefficient (Wildman–Crippen LogP) is 7.11. The van der Waals surface area contributed by atoms with Gasteiger partial charge in [0.15, 0.2) is 6.10 Å². The number of methoxy groups -OCH3 is 1. The lowest BCUT2D eigenvalue weighted by Gasteiger charge is -2.59. The molecule has 0 radical (unpaired) electrons. The topological polar surface area (TPSA) is 116 Å². The van der Waals surface area contributed by atoms with Crippen LogP contribution in [0.25, 0.3) is 0 Å². The third kappa shape index (κ3) is 6.98. The highest BCUT2D eigenvalue weighted by molar-refractivity contribution is 5.87. The molecular formula is C39H52N2O7. The molecule has 2 N–H and O–H groups in total. The Kier molecular flexibility index (Phi) is 10.9. The highest BCUT2D eigenvalue weighted by atomic mass is 16.6. The molecular weight excluding hydrogens is 608 g/mol. The van der Waals surface area contributed by atoms with Crippen LogP contribution in [0.4, 0.5) is 4.79 Å². The summed E-state index contributed by atoms with van der Waals surface area (Å²) in [5.74, 6) is -0.303. The number of aromatic nitrogens is 1. The van der Waals surface area contributed by atoms with Gasteiger partial charge in [-0.25, -0.2) is 14.4 Å². The van der Waals surface area contributed by atoms with Crippen molar-refractivity contribution >= 4 is 18.0 Å². The lowest BCUT2D eigenvalue weighted by molar-refractivity contribution is -0.171. The number of esters is 2. The first-order valence-electron chi connectivity index (χ1n) is 17.3. The van der Waals surface area contributed by atoms with E-state index < -0.39 is 30.4 Å². The zero-order chi connectivity index (χ0) is 34.7. The number of aromatic amines is 1. The molecule has 1 fully saturated rings. The van der Waals surface area contributed by atoms with Crippen molar-refractivity contribution in [3.8, 4) is 0 Å². The number of nitrogens with one attached hydrogen (secondary N) is 2. The summed E-state index contributed by atoms with van der Waals surface area (Å²) in [5.41, 5.74) is 2.27. The first kappa shape index (κ1) is 35.5. The number of alkyl carbamates (subject to hydrolysis) is 1. The van der Waals surface area contributed by atoms with Gasteiger partial charge in [0.05, 0.1) is 0 Å². The van der Waals surface area contributed by atoms with Gasteiger partial charge >= 0.3 is 18.0 Å². The number of carbonyl (C=O) groups excluding carboxylic acids is 3. The van der Waals surface area contributed by atoms with Crippen LogP contribution < -0.4 is 5.32 Å². The van der Waals surface area contributed by atoms with Gasteiger partial charge in [-0.2, -0.15) is 0 Å². The molecule has 0 saturated heterocycles. The van der Waals surface area contributed by atoms with Crippen molar-refractivity contribution < 1.29 is 33.3 Å². The van der Waals surface area contributed by atoms with Crippen LogP contribution in [0.2, 0.25) is 0 Å². The SMILES string of the molecule is CO[C@H]1C[C@H]2C=C[C@H]3[C@@H](C)[C@H](OC(=O)c4ccc[nH]4)[C@H](C)[C@@H](C)[C@H]3[C@]2(C)/C(C)=C/[C@@H](C)[C@@H]([C@@H](C)OC(=O)NCc2ccccc2)OC1=O. The highest BCUT2D eigenvalue weighted by Gasteiger charge is 2.57. The molecule has 9 heteroatoms. The summed E-state index contributed by atoms with van der Waals surface area (Å²) in [6.45, 7) is 15.3. The fourth-order valence-corrected chi connectivity index (χ4v) is 8.77. The van der Waals surface area contributed by atoms with E-state index in [1.54, 1.807) is 32.4 Å². The Morgan fingerprint density at radius 3 is 2.44 bits per heavy atom. The fourth-order valence-electron chi connectivity index (χ4n) is 8.77. The Morgan fingerprint density at radius 1 is 1.04 bits per heavy atom. The van der Waals surface area contributed by atoms with Crippen LogP contribution in [0.3, 0.4) is 0 Å². The fraction of sp³-hybridized carbons (Fsp3) is 0.564. The molecule has 2 heterocycles. The molecule has 12 atom stereocenters. The molecule has 1 aliphatic heterocycles. The Balaban J connectivity index is 1.42. The van der Waals surface area contributed by atoms with Gasteiger partial charge in [0.25, 0.3) is 0 Å². The maximum atomic E-state index is 13.7. The quantitative estimate of drug-likeness (QED) is 0.185. The minimum absolute atomic E-state index is 0.00792. The normalized spacial score (nSPS) is 36.7. The van der Waals surface area contributed by atoms with E-state index in [0.717, 1.165) is 5.56 Å². The second-order valence-electron chi connectivity index (χ2n) is 14.4. The number of cyclic esters (lactones) is 1. The van der Waals surface area contributed by atoms with E-state index in [-0.39, 0.29) is 58.9 Å². The van der Waals surface area contributed by atoms with E-state index in [2.05, 4.69) is 63.1 Å². The zero-order valence-electron chi connectivity index (χ0n) is 29.5. The number of ether oxygens (including phenoxy) is 4. The van der Waals surface area contributed by atoms with E-state index >= 15 is 0 Å². The standard InChI is InChI=1S/C39H52N2O7/c1-22-19-23(2)39(7)29(16-17-30-26(5)35(25(4)24(3)33(30)39)48-36(42)31-15-12-18-40-31)20-32(45-8)37(43)47-34(22)27(6)46-38(44)41-21-28-13-10-9-11-14-28/h9-19,22,24-27,29-30,32-35,40H,20-21H2,1-8H3,(H,41,44)/b23-19+/t22-,24-,25-,26-,27-,29-,30+,32+,33-,34+,35-,39-/m1/s1. The van der Waals surface area contributed by atoms with Crippen LogP contribution in [-0.2, 0) is 30.3 Å². The lowest BCUT2D eigenvalue weighted by Crippen LogP contribution is -2.57. The average molecular weight is 661 g/mol. The third-order valence-corrected chi connectivity index (χ3v) is 11.7. The summed E-state index contributed by atoms with van der Waals surface area (Å²) in [6.07, 6.45) is 5.85. The molecule has 1 aromatic heterocycles. The largest absolute Gasteiger partial charge is 0.457 e. The van der Waals surface area contributed by atoms with Gasteiger partial charge in [-0.3, -0.25) is 0 Å².